The lowest BCUT2D eigenvalue weighted by atomic mass is 10.1. The van der Waals surface area contributed by atoms with Crippen LogP contribution >= 0.6 is 0 Å². The minimum atomic E-state index is -0.926. The number of ether oxygens (including phenoxy) is 2. The first-order valence-electron chi connectivity index (χ1n) is 7.53. The van der Waals surface area contributed by atoms with Crippen LogP contribution in [0.1, 0.15) is 16.8 Å². The van der Waals surface area contributed by atoms with Crippen molar-refractivity contribution in [3.05, 3.63) is 54.2 Å². The third-order valence-electron chi connectivity index (χ3n) is 3.47. The van der Waals surface area contributed by atoms with E-state index >= 15 is 0 Å². The van der Waals surface area contributed by atoms with Gasteiger partial charge < -0.3 is 14.8 Å². The number of nitrogens with one attached hydrogen (secondary N) is 1. The summed E-state index contributed by atoms with van der Waals surface area (Å²) in [4.78, 5) is 39.5. The molecular weight excluding hydrogens is 324 g/mol. The Bertz CT molecular complexity index is 816. The summed E-state index contributed by atoms with van der Waals surface area (Å²) in [5, 5.41) is 3.40. The number of amides is 1. The van der Waals surface area contributed by atoms with Crippen molar-refractivity contribution in [2.24, 2.45) is 0 Å². The highest BCUT2D eigenvalue weighted by molar-refractivity contribution is 5.99. The first kappa shape index (κ1) is 18.1. The van der Waals surface area contributed by atoms with E-state index in [1.807, 2.05) is 24.3 Å². The molecule has 2 aromatic rings. The van der Waals surface area contributed by atoms with Crippen LogP contribution in [0.2, 0.25) is 0 Å². The lowest BCUT2D eigenvalue weighted by Crippen LogP contribution is -2.41. The zero-order chi connectivity index (χ0) is 18.2. The van der Waals surface area contributed by atoms with Gasteiger partial charge in [0.15, 0.2) is 0 Å². The number of aromatic nitrogens is 1. The molecule has 25 heavy (non-hydrogen) atoms. The van der Waals surface area contributed by atoms with Gasteiger partial charge in [-0.1, -0.05) is 24.3 Å². The summed E-state index contributed by atoms with van der Waals surface area (Å²) in [7, 11) is 2.47. The van der Waals surface area contributed by atoms with Gasteiger partial charge in [0.05, 0.1) is 25.3 Å². The summed E-state index contributed by atoms with van der Waals surface area (Å²) in [6.45, 7) is 0. The number of hydrogen-bond acceptors (Lipinski definition) is 6. The number of para-hydroxylation sites is 1. The van der Waals surface area contributed by atoms with E-state index in [0.29, 0.717) is 5.56 Å². The Morgan fingerprint density at radius 1 is 1.20 bits per heavy atom. The molecule has 0 aliphatic carbocycles. The second-order valence-electron chi connectivity index (χ2n) is 5.13. The van der Waals surface area contributed by atoms with Crippen molar-refractivity contribution in [1.29, 1.82) is 0 Å². The highest BCUT2D eigenvalue weighted by Crippen LogP contribution is 2.13. The Hall–Kier alpha value is -3.22. The minimum absolute atomic E-state index is 0.0918. The summed E-state index contributed by atoms with van der Waals surface area (Å²) in [6, 6.07) is 8.15. The molecule has 2 rings (SSSR count). The Morgan fingerprint density at radius 2 is 1.96 bits per heavy atom. The molecule has 0 fully saturated rings. The molecule has 0 aliphatic rings. The van der Waals surface area contributed by atoms with Gasteiger partial charge in [-0.3, -0.25) is 9.78 Å². The van der Waals surface area contributed by atoms with Crippen molar-refractivity contribution in [2.45, 2.75) is 12.5 Å². The number of esters is 2. The lowest BCUT2D eigenvalue weighted by Gasteiger charge is -2.15. The topological polar surface area (TPSA) is 94.6 Å². The van der Waals surface area contributed by atoms with Gasteiger partial charge in [0, 0.05) is 17.7 Å². The molecule has 1 aromatic heterocycles. The van der Waals surface area contributed by atoms with Crippen LogP contribution in [0.4, 0.5) is 0 Å². The quantitative estimate of drug-likeness (QED) is 0.633. The van der Waals surface area contributed by atoms with Gasteiger partial charge in [0.25, 0.3) is 5.91 Å². The van der Waals surface area contributed by atoms with Gasteiger partial charge in [0.1, 0.15) is 6.04 Å². The van der Waals surface area contributed by atoms with Gasteiger partial charge in [0.2, 0.25) is 0 Å². The number of carbonyl (C=O) groups is 3. The van der Waals surface area contributed by atoms with E-state index < -0.39 is 23.9 Å². The molecule has 0 saturated heterocycles. The Kier molecular flexibility index (Phi) is 6.22. The molecule has 0 radical (unpaired) electrons. The number of carbonyl (C=O) groups excluding carboxylic acids is 3. The molecule has 7 nitrogen and oxygen atoms in total. The zero-order valence-electron chi connectivity index (χ0n) is 13.9. The summed E-state index contributed by atoms with van der Waals surface area (Å²) in [5.74, 6) is -1.62. The molecule has 1 amide bonds. The van der Waals surface area contributed by atoms with Crippen LogP contribution in [0.15, 0.2) is 48.7 Å². The number of benzene rings is 1. The van der Waals surface area contributed by atoms with Crippen molar-refractivity contribution in [3.8, 4) is 0 Å². The largest absolute Gasteiger partial charge is 0.467 e. The third kappa shape index (κ3) is 4.87. The number of fused-ring (bicyclic) bond motifs is 1. The average Bonchev–Trinajstić information content (AvgIpc) is 2.65. The van der Waals surface area contributed by atoms with Crippen LogP contribution in [0, 0.1) is 0 Å². The Balaban J connectivity index is 2.12. The molecule has 0 aliphatic heterocycles. The van der Waals surface area contributed by atoms with E-state index in [2.05, 4.69) is 19.8 Å². The maximum atomic E-state index is 12.4. The Morgan fingerprint density at radius 3 is 2.68 bits per heavy atom. The van der Waals surface area contributed by atoms with E-state index in [-0.39, 0.29) is 6.42 Å². The van der Waals surface area contributed by atoms with Gasteiger partial charge >= 0.3 is 11.9 Å². The molecule has 7 heteroatoms. The molecule has 1 heterocycles. The highest BCUT2D eigenvalue weighted by Gasteiger charge is 2.21. The van der Waals surface area contributed by atoms with Crippen molar-refractivity contribution >= 4 is 28.7 Å². The van der Waals surface area contributed by atoms with Crippen LogP contribution < -0.4 is 5.32 Å². The third-order valence-corrected chi connectivity index (χ3v) is 3.47. The molecule has 1 aromatic carbocycles. The predicted molar refractivity (Wildman–Crippen MR) is 90.8 cm³/mol. The molecule has 0 saturated carbocycles. The monoisotopic (exact) mass is 342 g/mol. The van der Waals surface area contributed by atoms with Crippen LogP contribution in [0.3, 0.4) is 0 Å². The molecule has 0 unspecified atom stereocenters. The van der Waals surface area contributed by atoms with E-state index in [1.54, 1.807) is 6.07 Å². The molecule has 0 spiro atoms. The zero-order valence-corrected chi connectivity index (χ0v) is 13.9. The fraction of sp³-hybridized carbons (Fsp3) is 0.222. The smallest absolute Gasteiger partial charge is 0.330 e. The van der Waals surface area contributed by atoms with Gasteiger partial charge in [-0.25, -0.2) is 9.59 Å². The second kappa shape index (κ2) is 8.58. The molecular formula is C18H18N2O5. The van der Waals surface area contributed by atoms with E-state index in [0.717, 1.165) is 10.9 Å². The maximum absolute atomic E-state index is 12.4. The number of rotatable bonds is 6. The molecule has 0 bridgehead atoms. The van der Waals surface area contributed by atoms with Gasteiger partial charge in [-0.05, 0) is 18.6 Å². The first-order valence-corrected chi connectivity index (χ1v) is 7.53. The maximum Gasteiger partial charge on any atom is 0.330 e. The van der Waals surface area contributed by atoms with Crippen molar-refractivity contribution in [2.75, 3.05) is 14.2 Å². The predicted octanol–water partition coefficient (Wildman–Crippen LogP) is 1.63. The van der Waals surface area contributed by atoms with Gasteiger partial charge in [-0.15, -0.1) is 0 Å². The van der Waals surface area contributed by atoms with Crippen LogP contribution in [-0.4, -0.2) is 43.1 Å². The summed E-state index contributed by atoms with van der Waals surface area (Å²) >= 11 is 0. The fourth-order valence-corrected chi connectivity index (χ4v) is 2.16. The summed E-state index contributed by atoms with van der Waals surface area (Å²) in [5.41, 5.74) is 1.09. The number of hydrogen-bond donors (Lipinski definition) is 1. The molecule has 1 atom stereocenters. The Labute approximate surface area is 144 Å². The number of pyridine rings is 1. The second-order valence-corrected chi connectivity index (χ2v) is 5.13. The van der Waals surface area contributed by atoms with Crippen molar-refractivity contribution < 1.29 is 23.9 Å². The fourth-order valence-electron chi connectivity index (χ4n) is 2.16. The lowest BCUT2D eigenvalue weighted by molar-refractivity contribution is -0.143. The standard InChI is InChI=1S/C18H18N2O5/c1-24-16(21)9-5-8-15(18(23)25-2)20-17(22)13-10-12-6-3-4-7-14(12)19-11-13/h3-7,9-11,15H,8H2,1-2H3,(H,20,22)/b9-5+/t15-/m1/s1. The van der Waals surface area contributed by atoms with Gasteiger partial charge in [-0.2, -0.15) is 0 Å². The average molecular weight is 342 g/mol. The molecule has 130 valence electrons. The summed E-state index contributed by atoms with van der Waals surface area (Å²) < 4.78 is 9.16. The number of nitrogens with zero attached hydrogens (tertiary/aromatic N) is 1. The van der Waals surface area contributed by atoms with Crippen LogP contribution in [0.25, 0.3) is 10.9 Å². The molecule has 1 N–H and O–H groups in total. The van der Waals surface area contributed by atoms with E-state index in [9.17, 15) is 14.4 Å². The van der Waals surface area contributed by atoms with Crippen LogP contribution in [0.5, 0.6) is 0 Å². The van der Waals surface area contributed by atoms with Crippen molar-refractivity contribution in [3.63, 3.8) is 0 Å². The first-order chi connectivity index (χ1) is 12.0. The van der Waals surface area contributed by atoms with E-state index in [4.69, 9.17) is 0 Å². The minimum Gasteiger partial charge on any atom is -0.467 e. The van der Waals surface area contributed by atoms with E-state index in [1.165, 1.54) is 32.6 Å². The van der Waals surface area contributed by atoms with Crippen molar-refractivity contribution in [1.82, 2.24) is 10.3 Å². The highest BCUT2D eigenvalue weighted by atomic mass is 16.5. The SMILES string of the molecule is COC(=O)/C=C/C[C@@H](NC(=O)c1cnc2ccccc2c1)C(=O)OC. The number of methoxy groups -OCH3 is 2. The normalized spacial score (nSPS) is 11.9. The summed E-state index contributed by atoms with van der Waals surface area (Å²) in [6.07, 6.45) is 4.15. The van der Waals surface area contributed by atoms with Crippen LogP contribution in [-0.2, 0) is 19.1 Å².